The molecule has 0 saturated heterocycles. The van der Waals surface area contributed by atoms with Crippen molar-refractivity contribution >= 4 is 11.3 Å². The topological polar surface area (TPSA) is 65.3 Å². The van der Waals surface area contributed by atoms with Crippen LogP contribution in [0.2, 0.25) is 0 Å². The number of nitrogens with zero attached hydrogens (tertiary/aromatic N) is 1. The van der Waals surface area contributed by atoms with Gasteiger partial charge in [-0.05, 0) is 19.1 Å². The molecule has 0 spiro atoms. The molecule has 0 aliphatic carbocycles. The molecule has 4 nitrogen and oxygen atoms in total. The summed E-state index contributed by atoms with van der Waals surface area (Å²) < 4.78 is 4.94. The fourth-order valence-corrected chi connectivity index (χ4v) is 2.17. The maximum Gasteiger partial charge on any atom is 0.110 e. The van der Waals surface area contributed by atoms with Gasteiger partial charge in [-0.2, -0.15) is 5.26 Å². The second kappa shape index (κ2) is 6.72. The van der Waals surface area contributed by atoms with Crippen LogP contribution in [0.3, 0.4) is 0 Å². The predicted molar refractivity (Wildman–Crippen MR) is 67.9 cm³/mol. The van der Waals surface area contributed by atoms with E-state index in [9.17, 15) is 5.11 Å². The smallest absolute Gasteiger partial charge is 0.110 e. The average Bonchev–Trinajstić information content (AvgIpc) is 2.74. The van der Waals surface area contributed by atoms with E-state index in [1.807, 2.05) is 12.1 Å². The highest BCUT2D eigenvalue weighted by Crippen LogP contribution is 2.15. The zero-order valence-corrected chi connectivity index (χ0v) is 11.0. The number of nitrogens with one attached hydrogen (secondary N) is 1. The molecular formula is C12H18N2O2S. The Morgan fingerprint density at radius 3 is 2.94 bits per heavy atom. The monoisotopic (exact) mass is 254 g/mol. The summed E-state index contributed by atoms with van der Waals surface area (Å²) in [5, 5.41) is 21.9. The average molecular weight is 254 g/mol. The van der Waals surface area contributed by atoms with Gasteiger partial charge in [0.05, 0.1) is 5.60 Å². The van der Waals surface area contributed by atoms with E-state index in [1.54, 1.807) is 14.0 Å². The maximum atomic E-state index is 9.98. The lowest BCUT2D eigenvalue weighted by Crippen LogP contribution is -2.38. The molecule has 0 aliphatic rings. The summed E-state index contributed by atoms with van der Waals surface area (Å²) in [5.41, 5.74) is -0.759. The van der Waals surface area contributed by atoms with Gasteiger partial charge in [0.2, 0.25) is 0 Å². The first-order valence-electron chi connectivity index (χ1n) is 5.48. The van der Waals surface area contributed by atoms with Crippen LogP contribution in [0.1, 0.15) is 23.1 Å². The van der Waals surface area contributed by atoms with Gasteiger partial charge in [-0.25, -0.2) is 0 Å². The van der Waals surface area contributed by atoms with Gasteiger partial charge in [0.1, 0.15) is 10.9 Å². The fourth-order valence-electron chi connectivity index (χ4n) is 1.40. The highest BCUT2D eigenvalue weighted by Gasteiger charge is 2.19. The molecule has 1 unspecified atom stereocenters. The van der Waals surface area contributed by atoms with Gasteiger partial charge >= 0.3 is 0 Å². The molecule has 0 saturated carbocycles. The van der Waals surface area contributed by atoms with Crippen LogP contribution in [0.25, 0.3) is 0 Å². The van der Waals surface area contributed by atoms with Crippen molar-refractivity contribution in [1.82, 2.24) is 5.32 Å². The molecule has 1 atom stereocenters. The van der Waals surface area contributed by atoms with E-state index >= 15 is 0 Å². The molecule has 0 fully saturated rings. The first-order chi connectivity index (χ1) is 8.07. The molecule has 0 aliphatic heterocycles. The third-order valence-corrected chi connectivity index (χ3v) is 3.41. The summed E-state index contributed by atoms with van der Waals surface area (Å²) in [6, 6.07) is 5.85. The van der Waals surface area contributed by atoms with Gasteiger partial charge in [0.15, 0.2) is 0 Å². The predicted octanol–water partition coefficient (Wildman–Crippen LogP) is 1.50. The number of aliphatic hydroxyl groups is 1. The summed E-state index contributed by atoms with van der Waals surface area (Å²) in [5.74, 6) is 0. The minimum absolute atomic E-state index is 0.510. The first kappa shape index (κ1) is 14.1. The number of nitriles is 1. The van der Waals surface area contributed by atoms with Crippen molar-refractivity contribution in [3.8, 4) is 6.07 Å². The number of methoxy groups -OCH3 is 1. The Bertz CT molecular complexity index is 382. The van der Waals surface area contributed by atoms with Gasteiger partial charge in [0, 0.05) is 38.1 Å². The van der Waals surface area contributed by atoms with E-state index in [-0.39, 0.29) is 0 Å². The number of hydrogen-bond donors (Lipinski definition) is 2. The zero-order chi connectivity index (χ0) is 12.7. The number of hydrogen-bond acceptors (Lipinski definition) is 5. The molecule has 17 heavy (non-hydrogen) atoms. The van der Waals surface area contributed by atoms with E-state index in [0.717, 1.165) is 4.88 Å². The lowest BCUT2D eigenvalue weighted by atomic mass is 10.0. The van der Waals surface area contributed by atoms with Gasteiger partial charge in [-0.15, -0.1) is 11.3 Å². The highest BCUT2D eigenvalue weighted by atomic mass is 32.1. The van der Waals surface area contributed by atoms with Crippen LogP contribution in [0.5, 0.6) is 0 Å². The lowest BCUT2D eigenvalue weighted by Gasteiger charge is -2.23. The Kier molecular flexibility index (Phi) is 5.59. The second-order valence-corrected chi connectivity index (χ2v) is 5.39. The van der Waals surface area contributed by atoms with Crippen molar-refractivity contribution in [2.24, 2.45) is 0 Å². The zero-order valence-electron chi connectivity index (χ0n) is 10.2. The van der Waals surface area contributed by atoms with Gasteiger partial charge in [-0.3, -0.25) is 0 Å². The van der Waals surface area contributed by atoms with Crippen molar-refractivity contribution in [1.29, 1.82) is 5.26 Å². The number of rotatable bonds is 7. The van der Waals surface area contributed by atoms with Crippen LogP contribution in [0.4, 0.5) is 0 Å². The standard InChI is InChI=1S/C12H18N2O2S/c1-12(15,5-6-16-2)9-14-8-11-4-3-10(7-13)17-11/h3-4,14-15H,5-6,8-9H2,1-2H3. The van der Waals surface area contributed by atoms with Gasteiger partial charge in [-0.1, -0.05) is 0 Å². The quantitative estimate of drug-likeness (QED) is 0.774. The molecule has 94 valence electrons. The first-order valence-corrected chi connectivity index (χ1v) is 6.30. The van der Waals surface area contributed by atoms with Crippen molar-refractivity contribution < 1.29 is 9.84 Å². The lowest BCUT2D eigenvalue weighted by molar-refractivity contribution is 0.0248. The van der Waals surface area contributed by atoms with Crippen LogP contribution in [-0.2, 0) is 11.3 Å². The Morgan fingerprint density at radius 2 is 2.35 bits per heavy atom. The van der Waals surface area contributed by atoms with Crippen molar-refractivity contribution in [2.75, 3.05) is 20.3 Å². The van der Waals surface area contributed by atoms with E-state index in [1.165, 1.54) is 11.3 Å². The summed E-state index contributed by atoms with van der Waals surface area (Å²) in [6.07, 6.45) is 0.602. The molecule has 1 heterocycles. The van der Waals surface area contributed by atoms with E-state index in [2.05, 4.69) is 11.4 Å². The molecule has 0 radical (unpaired) electrons. The minimum Gasteiger partial charge on any atom is -0.389 e. The molecule has 0 amide bonds. The van der Waals surface area contributed by atoms with Crippen molar-refractivity contribution in [3.05, 3.63) is 21.9 Å². The van der Waals surface area contributed by atoms with Crippen molar-refractivity contribution in [3.63, 3.8) is 0 Å². The SMILES string of the molecule is COCCC(C)(O)CNCc1ccc(C#N)s1. The molecular weight excluding hydrogens is 236 g/mol. The molecule has 1 rings (SSSR count). The molecule has 0 aromatic carbocycles. The van der Waals surface area contributed by atoms with Crippen LogP contribution in [0, 0.1) is 11.3 Å². The van der Waals surface area contributed by atoms with Crippen LogP contribution in [0.15, 0.2) is 12.1 Å². The van der Waals surface area contributed by atoms with E-state index < -0.39 is 5.60 Å². The minimum atomic E-state index is -0.759. The van der Waals surface area contributed by atoms with E-state index in [4.69, 9.17) is 10.00 Å². The summed E-state index contributed by atoms with van der Waals surface area (Å²) >= 11 is 1.47. The van der Waals surface area contributed by atoms with Gasteiger partial charge in [0.25, 0.3) is 0 Å². The summed E-state index contributed by atoms with van der Waals surface area (Å²) in [7, 11) is 1.62. The Hall–Kier alpha value is -0.930. The summed E-state index contributed by atoms with van der Waals surface area (Å²) in [4.78, 5) is 1.82. The fraction of sp³-hybridized carbons (Fsp3) is 0.583. The highest BCUT2D eigenvalue weighted by molar-refractivity contribution is 7.12. The maximum absolute atomic E-state index is 9.98. The molecule has 1 aromatic rings. The van der Waals surface area contributed by atoms with Crippen LogP contribution >= 0.6 is 11.3 Å². The third-order valence-electron chi connectivity index (χ3n) is 2.42. The molecule has 0 bridgehead atoms. The normalized spacial score (nSPS) is 14.2. The number of thiophene rings is 1. The van der Waals surface area contributed by atoms with Crippen LogP contribution in [-0.4, -0.2) is 31.0 Å². The van der Waals surface area contributed by atoms with Gasteiger partial charge < -0.3 is 15.2 Å². The molecule has 1 aromatic heterocycles. The Labute approximate surface area is 106 Å². The molecule has 5 heteroatoms. The summed E-state index contributed by atoms with van der Waals surface area (Å²) in [6.45, 7) is 3.52. The second-order valence-electron chi connectivity index (χ2n) is 4.22. The largest absolute Gasteiger partial charge is 0.389 e. The van der Waals surface area contributed by atoms with Crippen molar-refractivity contribution in [2.45, 2.75) is 25.5 Å². The van der Waals surface area contributed by atoms with Crippen LogP contribution < -0.4 is 5.32 Å². The van der Waals surface area contributed by atoms with E-state index in [0.29, 0.717) is 31.0 Å². The Morgan fingerprint density at radius 1 is 1.59 bits per heavy atom. The molecule has 2 N–H and O–H groups in total. The Balaban J connectivity index is 2.29. The third kappa shape index (κ3) is 5.29. The number of ether oxygens (including phenoxy) is 1.